The predicted molar refractivity (Wildman–Crippen MR) is 215 cm³/mol. The lowest BCUT2D eigenvalue weighted by Crippen LogP contribution is -2.38. The van der Waals surface area contributed by atoms with E-state index in [4.69, 9.17) is 0 Å². The van der Waals surface area contributed by atoms with E-state index < -0.39 is 0 Å². The van der Waals surface area contributed by atoms with Crippen molar-refractivity contribution in [3.05, 3.63) is 67.8 Å². The van der Waals surface area contributed by atoms with Crippen LogP contribution in [0.3, 0.4) is 0 Å². The van der Waals surface area contributed by atoms with Crippen LogP contribution in [-0.2, 0) is 49.7 Å². The Hall–Kier alpha value is -1.56. The lowest BCUT2D eigenvalue weighted by Gasteiger charge is -2.47. The molecule has 0 bridgehead atoms. The van der Waals surface area contributed by atoms with Gasteiger partial charge in [0.15, 0.2) is 0 Å². The standard InChI is InChI=1S/C47H80/c1-29(26-30-27-31(40(2,3)4)34(42(8,9)10)32(28-30)41(5,6)7)33-35(43(11,12)13)37(45(17,18)19)39(47(23,24)25)38(46(20,21)22)36(33)44(14,15)16/h27-29H,26H2,1-25H3. The molecule has 0 saturated heterocycles. The Morgan fingerprint density at radius 1 is 0.340 bits per heavy atom. The summed E-state index contributed by atoms with van der Waals surface area (Å²) in [6.45, 7) is 61.1. The molecule has 1 unspecified atom stereocenters. The van der Waals surface area contributed by atoms with Gasteiger partial charge in [0.05, 0.1) is 0 Å². The second-order valence-electron chi connectivity index (χ2n) is 23.5. The van der Waals surface area contributed by atoms with Crippen LogP contribution in [0.15, 0.2) is 12.1 Å². The molecule has 0 amide bonds. The van der Waals surface area contributed by atoms with Crippen LogP contribution in [0, 0.1) is 0 Å². The van der Waals surface area contributed by atoms with Gasteiger partial charge in [-0.1, -0.05) is 185 Å². The Bertz CT molecular complexity index is 1340. The third-order valence-corrected chi connectivity index (χ3v) is 9.89. The zero-order valence-electron chi connectivity index (χ0n) is 36.4. The Morgan fingerprint density at radius 3 is 0.787 bits per heavy atom. The van der Waals surface area contributed by atoms with E-state index in [1.165, 1.54) is 16.7 Å². The molecular weight excluding hydrogens is 565 g/mol. The van der Waals surface area contributed by atoms with Gasteiger partial charge in [-0.15, -0.1) is 0 Å². The molecule has 0 aliphatic carbocycles. The molecule has 0 saturated carbocycles. The topological polar surface area (TPSA) is 0 Å². The van der Waals surface area contributed by atoms with Gasteiger partial charge in [0, 0.05) is 0 Å². The molecule has 2 aromatic carbocycles. The highest BCUT2D eigenvalue weighted by Gasteiger charge is 2.43. The van der Waals surface area contributed by atoms with Gasteiger partial charge >= 0.3 is 0 Å². The lowest BCUT2D eigenvalue weighted by molar-refractivity contribution is 0.449. The summed E-state index contributed by atoms with van der Waals surface area (Å²) in [6.07, 6.45) is 1.03. The molecule has 0 heterocycles. The predicted octanol–water partition coefficient (Wildman–Crippen LogP) is 14.4. The first-order valence-corrected chi connectivity index (χ1v) is 18.8. The van der Waals surface area contributed by atoms with Gasteiger partial charge in [-0.05, 0) is 111 Å². The molecule has 2 aromatic rings. The van der Waals surface area contributed by atoms with Gasteiger partial charge in [0.2, 0.25) is 0 Å². The Morgan fingerprint density at radius 2 is 0.574 bits per heavy atom. The molecule has 0 aliphatic rings. The number of benzene rings is 2. The summed E-state index contributed by atoms with van der Waals surface area (Å²) in [7, 11) is 0. The molecule has 0 aliphatic heterocycles. The minimum atomic E-state index is -0.00808. The zero-order valence-corrected chi connectivity index (χ0v) is 36.4. The molecule has 2 rings (SSSR count). The van der Waals surface area contributed by atoms with Crippen LogP contribution < -0.4 is 0 Å². The fourth-order valence-corrected chi connectivity index (χ4v) is 8.34. The van der Waals surface area contributed by atoms with Gasteiger partial charge in [-0.25, -0.2) is 0 Å². The van der Waals surface area contributed by atoms with Crippen molar-refractivity contribution in [3.63, 3.8) is 0 Å². The van der Waals surface area contributed by atoms with E-state index in [0.29, 0.717) is 5.92 Å². The summed E-state index contributed by atoms with van der Waals surface area (Å²) in [5.74, 6) is 0.357. The van der Waals surface area contributed by atoms with Crippen LogP contribution >= 0.6 is 0 Å². The molecule has 0 nitrogen and oxygen atoms in total. The van der Waals surface area contributed by atoms with E-state index in [1.54, 1.807) is 38.9 Å². The maximum atomic E-state index is 2.60. The Balaban J connectivity index is 3.34. The lowest BCUT2D eigenvalue weighted by atomic mass is 9.57. The average molecular weight is 645 g/mol. The fraction of sp³-hybridized carbons (Fsp3) is 0.745. The van der Waals surface area contributed by atoms with Crippen molar-refractivity contribution in [2.75, 3.05) is 0 Å². The number of hydrogen-bond donors (Lipinski definition) is 0. The summed E-state index contributed by atoms with van der Waals surface area (Å²) in [6, 6.07) is 5.19. The van der Waals surface area contributed by atoms with E-state index in [9.17, 15) is 0 Å². The largest absolute Gasteiger partial charge is 0.0581 e. The first-order chi connectivity index (χ1) is 20.3. The highest BCUT2D eigenvalue weighted by Crippen LogP contribution is 2.53. The van der Waals surface area contributed by atoms with E-state index >= 15 is 0 Å². The third kappa shape index (κ3) is 8.97. The van der Waals surface area contributed by atoms with Crippen molar-refractivity contribution in [1.82, 2.24) is 0 Å². The van der Waals surface area contributed by atoms with E-state index in [-0.39, 0.29) is 43.3 Å². The molecule has 0 heteroatoms. The van der Waals surface area contributed by atoms with Crippen molar-refractivity contribution in [1.29, 1.82) is 0 Å². The number of rotatable bonds is 3. The minimum absolute atomic E-state index is 0.00325. The van der Waals surface area contributed by atoms with Crippen LogP contribution in [0.1, 0.15) is 235 Å². The SMILES string of the molecule is CC(Cc1cc(C(C)(C)C)c(C(C)(C)C)c(C(C)(C)C)c1)c1c(C(C)(C)C)c(C(C)(C)C)c(C(C)(C)C)c(C(C)(C)C)c1C(C)(C)C. The van der Waals surface area contributed by atoms with Crippen LogP contribution in [0.25, 0.3) is 0 Å². The summed E-state index contributed by atoms with van der Waals surface area (Å²) in [5, 5.41) is 0. The zero-order chi connectivity index (χ0) is 37.5. The molecule has 1 atom stereocenters. The van der Waals surface area contributed by atoms with Crippen LogP contribution in [0.2, 0.25) is 0 Å². The smallest absolute Gasteiger partial charge is 0.0126 e. The van der Waals surface area contributed by atoms with Gasteiger partial charge in [-0.2, -0.15) is 0 Å². The molecule has 268 valence electrons. The van der Waals surface area contributed by atoms with Gasteiger partial charge in [0.25, 0.3) is 0 Å². The van der Waals surface area contributed by atoms with Crippen molar-refractivity contribution in [2.24, 2.45) is 0 Å². The normalized spacial score (nSPS) is 15.3. The summed E-state index contributed by atoms with van der Waals surface area (Å²) < 4.78 is 0. The average Bonchev–Trinajstić information content (AvgIpc) is 2.76. The molecule has 0 fully saturated rings. The summed E-state index contributed by atoms with van der Waals surface area (Å²) in [4.78, 5) is 0. The van der Waals surface area contributed by atoms with Gasteiger partial charge < -0.3 is 0 Å². The number of hydrogen-bond acceptors (Lipinski definition) is 0. The maximum Gasteiger partial charge on any atom is -0.0126 e. The second-order valence-corrected chi connectivity index (χ2v) is 23.5. The van der Waals surface area contributed by atoms with E-state index in [2.05, 4.69) is 185 Å². The van der Waals surface area contributed by atoms with E-state index in [1.807, 2.05) is 0 Å². The van der Waals surface area contributed by atoms with Crippen molar-refractivity contribution in [3.8, 4) is 0 Å². The molecule has 0 radical (unpaired) electrons. The van der Waals surface area contributed by atoms with Crippen LogP contribution in [0.5, 0.6) is 0 Å². The van der Waals surface area contributed by atoms with E-state index in [0.717, 1.165) is 6.42 Å². The van der Waals surface area contributed by atoms with Crippen molar-refractivity contribution < 1.29 is 0 Å². The van der Waals surface area contributed by atoms with Crippen LogP contribution in [-0.4, -0.2) is 0 Å². The van der Waals surface area contributed by atoms with Crippen molar-refractivity contribution >= 4 is 0 Å². The monoisotopic (exact) mass is 645 g/mol. The molecule has 0 aromatic heterocycles. The Labute approximate surface area is 295 Å². The first kappa shape index (κ1) is 41.6. The molecule has 0 N–H and O–H groups in total. The van der Waals surface area contributed by atoms with Crippen LogP contribution in [0.4, 0.5) is 0 Å². The maximum absolute atomic E-state index is 2.60. The Kier molecular flexibility index (Phi) is 10.9. The summed E-state index contributed by atoms with van der Waals surface area (Å²) >= 11 is 0. The quantitative estimate of drug-likeness (QED) is 0.312. The fourth-order valence-electron chi connectivity index (χ4n) is 8.34. The molecular formula is C47H80. The summed E-state index contributed by atoms with van der Waals surface area (Å²) in [5.41, 5.74) is 15.8. The highest BCUT2D eigenvalue weighted by atomic mass is 14.5. The molecule has 0 spiro atoms. The van der Waals surface area contributed by atoms with Gasteiger partial charge in [-0.3, -0.25) is 0 Å². The highest BCUT2D eigenvalue weighted by molar-refractivity contribution is 5.63. The van der Waals surface area contributed by atoms with Gasteiger partial charge in [0.1, 0.15) is 0 Å². The second kappa shape index (κ2) is 12.3. The van der Waals surface area contributed by atoms with Crippen molar-refractivity contribution in [2.45, 2.75) is 229 Å². The molecule has 47 heavy (non-hydrogen) atoms. The minimum Gasteiger partial charge on any atom is -0.0581 e. The first-order valence-electron chi connectivity index (χ1n) is 18.8. The third-order valence-electron chi connectivity index (χ3n) is 9.89.